The number of benzene rings is 2. The average molecular weight is 368 g/mol. The Morgan fingerprint density at radius 3 is 2.56 bits per heavy atom. The predicted octanol–water partition coefficient (Wildman–Crippen LogP) is 5.30. The van der Waals surface area contributed by atoms with Crippen LogP contribution in [0.4, 0.5) is 14.5 Å². The van der Waals surface area contributed by atoms with Crippen LogP contribution in [-0.2, 0) is 0 Å². The second kappa shape index (κ2) is 6.68. The van der Waals surface area contributed by atoms with Gasteiger partial charge in [0.25, 0.3) is 0 Å². The van der Waals surface area contributed by atoms with E-state index < -0.39 is 12.6 Å². The summed E-state index contributed by atoms with van der Waals surface area (Å²) in [5, 5.41) is 10.2. The van der Waals surface area contributed by atoms with Crippen LogP contribution in [0.3, 0.4) is 0 Å². The molecule has 0 fully saturated rings. The zero-order chi connectivity index (χ0) is 19.0. The number of halogens is 2. The largest absolute Gasteiger partial charge is 0.479 e. The fourth-order valence-corrected chi connectivity index (χ4v) is 2.93. The fourth-order valence-electron chi connectivity index (χ4n) is 2.93. The Balaban J connectivity index is 1.75. The predicted molar refractivity (Wildman–Crippen MR) is 97.3 cm³/mol. The molecule has 3 aromatic rings. The van der Waals surface area contributed by atoms with Crippen LogP contribution in [0.1, 0.15) is 18.2 Å². The molecule has 2 aromatic carbocycles. The Morgan fingerprint density at radius 1 is 1.07 bits per heavy atom. The minimum atomic E-state index is -2.98. The summed E-state index contributed by atoms with van der Waals surface area (Å²) in [5.74, 6) is -0.519. The first-order chi connectivity index (χ1) is 13.0. The van der Waals surface area contributed by atoms with Crippen molar-refractivity contribution in [3.63, 3.8) is 0 Å². The van der Waals surface area contributed by atoms with Crippen molar-refractivity contribution in [1.29, 1.82) is 0 Å². The molecule has 0 atom stereocenters. The van der Waals surface area contributed by atoms with Crippen LogP contribution in [0.15, 0.2) is 57.9 Å². The molecule has 7 heteroatoms. The van der Waals surface area contributed by atoms with E-state index in [1.54, 1.807) is 18.2 Å². The van der Waals surface area contributed by atoms with Crippen LogP contribution < -0.4 is 4.74 Å². The lowest BCUT2D eigenvalue weighted by atomic mass is 10.0. The number of para-hydroxylation sites is 2. The van der Waals surface area contributed by atoms with Crippen molar-refractivity contribution in [2.24, 2.45) is 4.99 Å². The SMILES string of the molecule is CC1=Nc2ccccc2/C1=C/c1nc(-c2ccccc2OC(F)F)oc1O. The highest BCUT2D eigenvalue weighted by Gasteiger charge is 2.21. The summed E-state index contributed by atoms with van der Waals surface area (Å²) >= 11 is 0. The van der Waals surface area contributed by atoms with Crippen molar-refractivity contribution in [3.8, 4) is 23.1 Å². The number of hydrogen-bond donors (Lipinski definition) is 1. The third kappa shape index (κ3) is 3.19. The van der Waals surface area contributed by atoms with Crippen molar-refractivity contribution >= 4 is 23.0 Å². The number of aromatic nitrogens is 1. The zero-order valence-corrected chi connectivity index (χ0v) is 14.2. The highest BCUT2D eigenvalue weighted by Crippen LogP contribution is 2.38. The topological polar surface area (TPSA) is 67.9 Å². The summed E-state index contributed by atoms with van der Waals surface area (Å²) < 4.78 is 35.0. The molecular formula is C20H14F2N2O3. The Labute approximate surface area is 153 Å². The summed E-state index contributed by atoms with van der Waals surface area (Å²) in [7, 11) is 0. The number of allylic oxidation sites excluding steroid dienone is 1. The van der Waals surface area contributed by atoms with Crippen LogP contribution in [0.25, 0.3) is 23.1 Å². The monoisotopic (exact) mass is 368 g/mol. The van der Waals surface area contributed by atoms with E-state index in [9.17, 15) is 13.9 Å². The van der Waals surface area contributed by atoms with Crippen LogP contribution in [0, 0.1) is 0 Å². The van der Waals surface area contributed by atoms with E-state index in [1.807, 2.05) is 31.2 Å². The van der Waals surface area contributed by atoms with Gasteiger partial charge in [0.2, 0.25) is 5.89 Å². The van der Waals surface area contributed by atoms with Gasteiger partial charge < -0.3 is 14.3 Å². The molecule has 0 spiro atoms. The minimum absolute atomic E-state index is 0.0172. The summed E-state index contributed by atoms with van der Waals surface area (Å²) in [6.45, 7) is -1.12. The number of ether oxygens (including phenoxy) is 1. The van der Waals surface area contributed by atoms with Crippen LogP contribution >= 0.6 is 0 Å². The van der Waals surface area contributed by atoms with E-state index >= 15 is 0 Å². The van der Waals surface area contributed by atoms with E-state index in [-0.39, 0.29) is 22.9 Å². The molecule has 0 amide bonds. The molecule has 2 heterocycles. The third-order valence-corrected chi connectivity index (χ3v) is 4.12. The Bertz CT molecular complexity index is 1070. The van der Waals surface area contributed by atoms with Gasteiger partial charge in [0, 0.05) is 16.8 Å². The number of hydrogen-bond acceptors (Lipinski definition) is 5. The standard InChI is InChI=1S/C20H14F2N2O3/c1-11-14(12-6-2-4-8-15(12)23-11)10-16-19(25)27-18(24-16)13-7-3-5-9-17(13)26-20(21)22/h2-10,20,25H,1H3/b14-10+. The Kier molecular flexibility index (Phi) is 4.19. The number of rotatable bonds is 4. The smallest absolute Gasteiger partial charge is 0.387 e. The van der Waals surface area contributed by atoms with Gasteiger partial charge in [-0.25, -0.2) is 4.98 Å². The molecule has 0 radical (unpaired) electrons. The third-order valence-electron chi connectivity index (χ3n) is 4.12. The second-order valence-corrected chi connectivity index (χ2v) is 5.86. The van der Waals surface area contributed by atoms with Gasteiger partial charge in [-0.1, -0.05) is 30.3 Å². The van der Waals surface area contributed by atoms with Gasteiger partial charge in [0.05, 0.1) is 11.3 Å². The molecule has 0 bridgehead atoms. The summed E-state index contributed by atoms with van der Waals surface area (Å²) in [6.07, 6.45) is 1.66. The first-order valence-corrected chi connectivity index (χ1v) is 8.13. The highest BCUT2D eigenvalue weighted by molar-refractivity contribution is 6.31. The number of oxazole rings is 1. The molecule has 1 aliphatic heterocycles. The van der Waals surface area contributed by atoms with E-state index in [4.69, 9.17) is 4.42 Å². The fraction of sp³-hybridized carbons (Fsp3) is 0.100. The maximum Gasteiger partial charge on any atom is 0.387 e. The molecule has 0 aliphatic carbocycles. The first-order valence-electron chi connectivity index (χ1n) is 8.13. The molecule has 1 aliphatic rings. The lowest BCUT2D eigenvalue weighted by molar-refractivity contribution is -0.0495. The lowest BCUT2D eigenvalue weighted by Crippen LogP contribution is -2.03. The molecule has 0 saturated heterocycles. The second-order valence-electron chi connectivity index (χ2n) is 5.86. The molecule has 0 unspecified atom stereocenters. The van der Waals surface area contributed by atoms with Crippen molar-refractivity contribution in [2.45, 2.75) is 13.5 Å². The van der Waals surface area contributed by atoms with Crippen LogP contribution in [0.2, 0.25) is 0 Å². The number of aromatic hydroxyl groups is 1. The normalized spacial score (nSPS) is 14.5. The molecule has 27 heavy (non-hydrogen) atoms. The quantitative estimate of drug-likeness (QED) is 0.679. The minimum Gasteiger partial charge on any atom is -0.479 e. The van der Waals surface area contributed by atoms with Gasteiger partial charge in [-0.2, -0.15) is 8.78 Å². The Hall–Kier alpha value is -3.48. The molecule has 4 rings (SSSR count). The van der Waals surface area contributed by atoms with Crippen molar-refractivity contribution in [2.75, 3.05) is 0 Å². The number of alkyl halides is 2. The Morgan fingerprint density at radius 2 is 1.78 bits per heavy atom. The number of nitrogens with zero attached hydrogens (tertiary/aromatic N) is 2. The molecule has 136 valence electrons. The maximum atomic E-state index is 12.6. The number of aliphatic imine (C=N–C) groups is 1. The summed E-state index contributed by atoms with van der Waals surface area (Å²) in [6, 6.07) is 13.7. The molecular weight excluding hydrogens is 354 g/mol. The average Bonchev–Trinajstić information content (AvgIpc) is 3.15. The first kappa shape index (κ1) is 17.0. The van der Waals surface area contributed by atoms with Crippen molar-refractivity contribution in [1.82, 2.24) is 4.98 Å². The van der Waals surface area contributed by atoms with Crippen molar-refractivity contribution < 1.29 is 23.0 Å². The van der Waals surface area contributed by atoms with Gasteiger partial charge in [0.1, 0.15) is 11.4 Å². The van der Waals surface area contributed by atoms with E-state index in [2.05, 4.69) is 14.7 Å². The van der Waals surface area contributed by atoms with Gasteiger partial charge in [0.15, 0.2) is 0 Å². The van der Waals surface area contributed by atoms with Gasteiger partial charge in [-0.3, -0.25) is 4.99 Å². The molecule has 5 nitrogen and oxygen atoms in total. The molecule has 0 saturated carbocycles. The van der Waals surface area contributed by atoms with Gasteiger partial charge in [-0.15, -0.1) is 0 Å². The van der Waals surface area contributed by atoms with E-state index in [0.717, 1.165) is 22.5 Å². The van der Waals surface area contributed by atoms with Gasteiger partial charge in [-0.05, 0) is 31.2 Å². The maximum absolute atomic E-state index is 12.6. The molecule has 1 N–H and O–H groups in total. The van der Waals surface area contributed by atoms with Crippen molar-refractivity contribution in [3.05, 3.63) is 59.8 Å². The van der Waals surface area contributed by atoms with E-state index in [0.29, 0.717) is 0 Å². The van der Waals surface area contributed by atoms with E-state index in [1.165, 1.54) is 12.1 Å². The summed E-state index contributed by atoms with van der Waals surface area (Å²) in [4.78, 5) is 8.72. The van der Waals surface area contributed by atoms with Gasteiger partial charge >= 0.3 is 12.6 Å². The highest BCUT2D eigenvalue weighted by atomic mass is 19.3. The lowest BCUT2D eigenvalue weighted by Gasteiger charge is -2.07. The van der Waals surface area contributed by atoms with Crippen LogP contribution in [0.5, 0.6) is 11.7 Å². The number of fused-ring (bicyclic) bond motifs is 1. The zero-order valence-electron chi connectivity index (χ0n) is 14.2. The van der Waals surface area contributed by atoms with Crippen LogP contribution in [-0.4, -0.2) is 22.4 Å². The molecule has 1 aromatic heterocycles. The summed E-state index contributed by atoms with van der Waals surface area (Å²) in [5.41, 5.74) is 3.73.